The summed E-state index contributed by atoms with van der Waals surface area (Å²) in [7, 11) is 1.99. The Hall–Kier alpha value is -2.18. The summed E-state index contributed by atoms with van der Waals surface area (Å²) in [5, 5.41) is 1.15. The predicted molar refractivity (Wildman–Crippen MR) is 96.2 cm³/mol. The van der Waals surface area contributed by atoms with Crippen LogP contribution in [0.15, 0.2) is 53.9 Å². The zero-order valence-corrected chi connectivity index (χ0v) is 14.4. The molecule has 0 amide bonds. The maximum atomic E-state index is 13.3. The molecule has 0 fully saturated rings. The van der Waals surface area contributed by atoms with Gasteiger partial charge >= 0.3 is 0 Å². The second-order valence-electron chi connectivity index (χ2n) is 5.56. The minimum Gasteiger partial charge on any atom is -0.329 e. The molecule has 1 unspecified atom stereocenters. The number of halogens is 1. The predicted octanol–water partition coefficient (Wildman–Crippen LogP) is 3.73. The van der Waals surface area contributed by atoms with Crippen LogP contribution in [0.2, 0.25) is 0 Å². The number of hydrogen-bond donors (Lipinski definition) is 1. The fourth-order valence-corrected chi connectivity index (χ4v) is 3.31. The van der Waals surface area contributed by atoms with Gasteiger partial charge in [0, 0.05) is 42.4 Å². The van der Waals surface area contributed by atoms with E-state index in [2.05, 4.69) is 16.5 Å². The van der Waals surface area contributed by atoms with Crippen LogP contribution in [0.1, 0.15) is 6.92 Å². The van der Waals surface area contributed by atoms with Crippen molar-refractivity contribution in [2.75, 3.05) is 6.54 Å². The molecule has 4 nitrogen and oxygen atoms in total. The number of nitrogens with zero attached hydrogens (tertiary/aromatic N) is 3. The van der Waals surface area contributed by atoms with Crippen LogP contribution in [0.3, 0.4) is 0 Å². The van der Waals surface area contributed by atoms with Crippen LogP contribution >= 0.6 is 11.8 Å². The molecule has 124 valence electrons. The Balaban J connectivity index is 2.15. The highest BCUT2D eigenvalue weighted by molar-refractivity contribution is 7.99. The Morgan fingerprint density at radius 1 is 1.12 bits per heavy atom. The molecule has 1 aromatic carbocycles. The molecule has 0 aliphatic heterocycles. The molecular weight excluding hydrogens is 323 g/mol. The molecule has 6 heteroatoms. The van der Waals surface area contributed by atoms with Crippen molar-refractivity contribution in [1.29, 1.82) is 0 Å². The van der Waals surface area contributed by atoms with E-state index in [0.717, 1.165) is 27.7 Å². The van der Waals surface area contributed by atoms with Gasteiger partial charge in [-0.2, -0.15) is 0 Å². The van der Waals surface area contributed by atoms with Crippen molar-refractivity contribution < 1.29 is 4.39 Å². The van der Waals surface area contributed by atoms with Crippen molar-refractivity contribution in [1.82, 2.24) is 14.5 Å². The zero-order valence-electron chi connectivity index (χ0n) is 13.6. The lowest BCUT2D eigenvalue weighted by molar-refractivity contribution is 0.628. The van der Waals surface area contributed by atoms with Gasteiger partial charge in [0.05, 0.1) is 11.4 Å². The van der Waals surface area contributed by atoms with Gasteiger partial charge in [0.1, 0.15) is 5.82 Å². The maximum absolute atomic E-state index is 13.3. The molecule has 0 saturated carbocycles. The molecule has 3 rings (SSSR count). The standard InChI is InChI=1S/C18H19FN4S/c1-12(11-20)24-18-22-16(13-3-5-15(19)6-4-13)17(23(18)2)14-7-9-21-10-8-14/h3-10,12H,11,20H2,1-2H3. The normalized spacial score (nSPS) is 12.3. The molecule has 0 spiro atoms. The number of nitrogens with two attached hydrogens (primary N) is 1. The summed E-state index contributed by atoms with van der Waals surface area (Å²) in [5.41, 5.74) is 9.46. The Bertz CT molecular complexity index is 815. The van der Waals surface area contributed by atoms with E-state index < -0.39 is 0 Å². The summed E-state index contributed by atoms with van der Waals surface area (Å²) in [6.07, 6.45) is 3.51. The summed E-state index contributed by atoms with van der Waals surface area (Å²) in [4.78, 5) is 8.88. The summed E-state index contributed by atoms with van der Waals surface area (Å²) in [6.45, 7) is 2.65. The molecule has 0 aliphatic carbocycles. The van der Waals surface area contributed by atoms with E-state index in [-0.39, 0.29) is 11.1 Å². The van der Waals surface area contributed by atoms with E-state index in [1.165, 1.54) is 12.1 Å². The highest BCUT2D eigenvalue weighted by Crippen LogP contribution is 2.35. The molecule has 24 heavy (non-hydrogen) atoms. The Morgan fingerprint density at radius 3 is 2.42 bits per heavy atom. The number of benzene rings is 1. The van der Waals surface area contributed by atoms with Gasteiger partial charge in [0.15, 0.2) is 5.16 Å². The second kappa shape index (κ2) is 7.15. The average molecular weight is 342 g/mol. The fourth-order valence-electron chi connectivity index (χ4n) is 2.46. The van der Waals surface area contributed by atoms with Crippen LogP contribution in [0, 0.1) is 5.82 Å². The largest absolute Gasteiger partial charge is 0.329 e. The summed E-state index contributed by atoms with van der Waals surface area (Å²) in [5.74, 6) is -0.258. The third kappa shape index (κ3) is 3.34. The van der Waals surface area contributed by atoms with Crippen molar-refractivity contribution in [2.24, 2.45) is 12.8 Å². The van der Waals surface area contributed by atoms with Gasteiger partial charge in [-0.05, 0) is 36.4 Å². The minimum atomic E-state index is -0.258. The van der Waals surface area contributed by atoms with Crippen LogP contribution in [0.5, 0.6) is 0 Å². The SMILES string of the molecule is CC(CN)Sc1nc(-c2ccc(F)cc2)c(-c2ccncc2)n1C. The molecule has 2 N–H and O–H groups in total. The lowest BCUT2D eigenvalue weighted by Gasteiger charge is -2.09. The van der Waals surface area contributed by atoms with E-state index in [9.17, 15) is 4.39 Å². The van der Waals surface area contributed by atoms with Gasteiger partial charge in [-0.25, -0.2) is 9.37 Å². The topological polar surface area (TPSA) is 56.7 Å². The van der Waals surface area contributed by atoms with Gasteiger partial charge in [0.25, 0.3) is 0 Å². The van der Waals surface area contributed by atoms with Gasteiger partial charge in [-0.1, -0.05) is 18.7 Å². The van der Waals surface area contributed by atoms with Crippen LogP contribution in [-0.2, 0) is 7.05 Å². The monoisotopic (exact) mass is 342 g/mol. The molecular formula is C18H19FN4S. The number of pyridine rings is 1. The highest BCUT2D eigenvalue weighted by Gasteiger charge is 2.19. The molecule has 0 radical (unpaired) electrons. The Kier molecular flexibility index (Phi) is 4.97. The Morgan fingerprint density at radius 2 is 1.79 bits per heavy atom. The lowest BCUT2D eigenvalue weighted by atomic mass is 10.1. The summed E-state index contributed by atoms with van der Waals surface area (Å²) >= 11 is 1.63. The van der Waals surface area contributed by atoms with Crippen molar-refractivity contribution in [2.45, 2.75) is 17.3 Å². The molecule has 0 bridgehead atoms. The van der Waals surface area contributed by atoms with Crippen molar-refractivity contribution in [3.05, 3.63) is 54.6 Å². The number of hydrogen-bond acceptors (Lipinski definition) is 4. The van der Waals surface area contributed by atoms with Crippen LogP contribution in [0.4, 0.5) is 4.39 Å². The van der Waals surface area contributed by atoms with Crippen molar-refractivity contribution >= 4 is 11.8 Å². The van der Waals surface area contributed by atoms with Crippen molar-refractivity contribution in [3.8, 4) is 22.5 Å². The molecule has 0 saturated heterocycles. The minimum absolute atomic E-state index is 0.258. The van der Waals surface area contributed by atoms with Crippen LogP contribution in [0.25, 0.3) is 22.5 Å². The fraction of sp³-hybridized carbons (Fsp3) is 0.222. The first-order chi connectivity index (χ1) is 11.6. The van der Waals surface area contributed by atoms with Gasteiger partial charge < -0.3 is 10.3 Å². The van der Waals surface area contributed by atoms with E-state index in [4.69, 9.17) is 10.7 Å². The third-order valence-electron chi connectivity index (χ3n) is 3.76. The highest BCUT2D eigenvalue weighted by atomic mass is 32.2. The van der Waals surface area contributed by atoms with E-state index in [0.29, 0.717) is 6.54 Å². The Labute approximate surface area is 144 Å². The summed E-state index contributed by atoms with van der Waals surface area (Å²) in [6, 6.07) is 10.3. The first kappa shape index (κ1) is 16.7. The summed E-state index contributed by atoms with van der Waals surface area (Å²) < 4.78 is 15.3. The first-order valence-corrected chi connectivity index (χ1v) is 8.58. The molecule has 1 atom stereocenters. The first-order valence-electron chi connectivity index (χ1n) is 7.70. The van der Waals surface area contributed by atoms with Crippen LogP contribution < -0.4 is 5.73 Å². The molecule has 3 aromatic rings. The maximum Gasteiger partial charge on any atom is 0.169 e. The number of thioether (sulfide) groups is 1. The zero-order chi connectivity index (χ0) is 17.1. The second-order valence-corrected chi connectivity index (χ2v) is 6.96. The van der Waals surface area contributed by atoms with Crippen LogP contribution in [-0.4, -0.2) is 26.3 Å². The van der Waals surface area contributed by atoms with E-state index in [1.54, 1.807) is 36.3 Å². The van der Waals surface area contributed by atoms with E-state index >= 15 is 0 Å². The molecule has 2 heterocycles. The number of rotatable bonds is 5. The quantitative estimate of drug-likeness (QED) is 0.718. The average Bonchev–Trinajstić information content (AvgIpc) is 2.92. The van der Waals surface area contributed by atoms with Gasteiger partial charge in [-0.3, -0.25) is 4.98 Å². The molecule has 2 aromatic heterocycles. The number of imidazole rings is 1. The van der Waals surface area contributed by atoms with Gasteiger partial charge in [0.2, 0.25) is 0 Å². The van der Waals surface area contributed by atoms with Crippen molar-refractivity contribution in [3.63, 3.8) is 0 Å². The van der Waals surface area contributed by atoms with Gasteiger partial charge in [-0.15, -0.1) is 0 Å². The smallest absolute Gasteiger partial charge is 0.169 e. The molecule has 0 aliphatic rings. The van der Waals surface area contributed by atoms with E-state index in [1.807, 2.05) is 19.2 Å². The third-order valence-corrected chi connectivity index (χ3v) is 4.93. The number of aromatic nitrogens is 3. The lowest BCUT2D eigenvalue weighted by Crippen LogP contribution is -2.13.